The van der Waals surface area contributed by atoms with E-state index in [1.807, 2.05) is 13.8 Å². The molecule has 1 spiro atoms. The lowest BCUT2D eigenvalue weighted by atomic mass is 9.74. The number of hydrogen-bond donors (Lipinski definition) is 2. The molecule has 1 atom stereocenters. The number of anilines is 1. The quantitative estimate of drug-likeness (QED) is 0.699. The van der Waals surface area contributed by atoms with Gasteiger partial charge in [0.25, 0.3) is 0 Å². The summed E-state index contributed by atoms with van der Waals surface area (Å²) in [6, 6.07) is 8.77. The van der Waals surface area contributed by atoms with E-state index in [9.17, 15) is 0 Å². The van der Waals surface area contributed by atoms with Crippen LogP contribution in [0.25, 0.3) is 0 Å². The van der Waals surface area contributed by atoms with Crippen molar-refractivity contribution in [3.05, 3.63) is 29.8 Å². The smallest absolute Gasteiger partial charge is 0.0378 e. The van der Waals surface area contributed by atoms with Crippen LogP contribution in [0.3, 0.4) is 0 Å². The van der Waals surface area contributed by atoms with E-state index in [1.54, 1.807) is 0 Å². The van der Waals surface area contributed by atoms with Crippen molar-refractivity contribution >= 4 is 5.69 Å². The Balaban J connectivity index is 0.000000457. The maximum atomic E-state index is 3.50. The summed E-state index contributed by atoms with van der Waals surface area (Å²) < 4.78 is 0. The second-order valence-corrected chi connectivity index (χ2v) is 4.43. The van der Waals surface area contributed by atoms with Gasteiger partial charge >= 0.3 is 0 Å². The zero-order chi connectivity index (χ0) is 11.4. The summed E-state index contributed by atoms with van der Waals surface area (Å²) in [6.07, 6.45) is 2.57. The first kappa shape index (κ1) is 11.5. The predicted octanol–water partition coefficient (Wildman–Crippen LogP) is 2.76. The van der Waals surface area contributed by atoms with E-state index in [-0.39, 0.29) is 0 Å². The van der Waals surface area contributed by atoms with Gasteiger partial charge in [0.05, 0.1) is 0 Å². The van der Waals surface area contributed by atoms with Gasteiger partial charge < -0.3 is 10.6 Å². The van der Waals surface area contributed by atoms with E-state index in [0.29, 0.717) is 5.41 Å². The number of hydrogen-bond acceptors (Lipinski definition) is 2. The molecule has 2 aliphatic heterocycles. The van der Waals surface area contributed by atoms with Crippen molar-refractivity contribution in [1.82, 2.24) is 5.32 Å². The van der Waals surface area contributed by atoms with Gasteiger partial charge in [-0.25, -0.2) is 0 Å². The van der Waals surface area contributed by atoms with Crippen molar-refractivity contribution in [3.63, 3.8) is 0 Å². The van der Waals surface area contributed by atoms with Crippen LogP contribution in [0.15, 0.2) is 24.3 Å². The van der Waals surface area contributed by atoms with Gasteiger partial charge in [0, 0.05) is 24.2 Å². The van der Waals surface area contributed by atoms with Crippen molar-refractivity contribution in [2.75, 3.05) is 25.0 Å². The molecule has 2 heterocycles. The van der Waals surface area contributed by atoms with Crippen molar-refractivity contribution < 1.29 is 0 Å². The number of benzene rings is 1. The monoisotopic (exact) mass is 218 g/mol. The fourth-order valence-electron chi connectivity index (χ4n) is 2.86. The molecule has 2 nitrogen and oxygen atoms in total. The number of rotatable bonds is 0. The van der Waals surface area contributed by atoms with Crippen LogP contribution >= 0.6 is 0 Å². The van der Waals surface area contributed by atoms with Gasteiger partial charge in [0.1, 0.15) is 0 Å². The largest absolute Gasteiger partial charge is 0.385 e. The molecule has 0 amide bonds. The molecule has 2 N–H and O–H groups in total. The van der Waals surface area contributed by atoms with Crippen LogP contribution in [-0.2, 0) is 5.41 Å². The molecule has 0 radical (unpaired) electrons. The highest BCUT2D eigenvalue weighted by Crippen LogP contribution is 2.40. The van der Waals surface area contributed by atoms with Gasteiger partial charge in [-0.15, -0.1) is 0 Å². The number of para-hydroxylation sites is 1. The van der Waals surface area contributed by atoms with Crippen molar-refractivity contribution in [2.45, 2.75) is 32.1 Å². The Morgan fingerprint density at radius 3 is 2.56 bits per heavy atom. The molecular weight excluding hydrogens is 196 g/mol. The lowest BCUT2D eigenvalue weighted by Gasteiger charge is -2.35. The average molecular weight is 218 g/mol. The van der Waals surface area contributed by atoms with Crippen LogP contribution < -0.4 is 10.6 Å². The lowest BCUT2D eigenvalue weighted by molar-refractivity contribution is 0.434. The molecule has 2 heteroatoms. The fourth-order valence-corrected chi connectivity index (χ4v) is 2.86. The highest BCUT2D eigenvalue weighted by Gasteiger charge is 2.38. The standard InChI is InChI=1S/C12H16N2.C2H6/c1-2-4-11-10(3-1)12(6-8-14-11)5-7-13-9-12;1-2/h1-4,13-14H,5-9H2;1-2H3. The molecule has 1 aromatic rings. The van der Waals surface area contributed by atoms with Crippen LogP contribution in [0.4, 0.5) is 5.69 Å². The Morgan fingerprint density at radius 2 is 1.81 bits per heavy atom. The van der Waals surface area contributed by atoms with Gasteiger partial charge in [-0.05, 0) is 31.0 Å². The highest BCUT2D eigenvalue weighted by atomic mass is 15.0. The van der Waals surface area contributed by atoms with Crippen molar-refractivity contribution in [1.29, 1.82) is 0 Å². The lowest BCUT2D eigenvalue weighted by Crippen LogP contribution is -2.35. The molecule has 88 valence electrons. The number of nitrogens with one attached hydrogen (secondary N) is 2. The minimum atomic E-state index is 0.432. The molecular formula is C14H22N2. The second kappa shape index (κ2) is 4.88. The first-order valence-electron chi connectivity index (χ1n) is 6.45. The molecule has 1 aromatic carbocycles. The Hall–Kier alpha value is -1.02. The molecule has 0 aliphatic carbocycles. The summed E-state index contributed by atoms with van der Waals surface area (Å²) in [7, 11) is 0. The predicted molar refractivity (Wildman–Crippen MR) is 70.1 cm³/mol. The van der Waals surface area contributed by atoms with Gasteiger partial charge in [0.2, 0.25) is 0 Å². The molecule has 1 unspecified atom stereocenters. The third-order valence-electron chi connectivity index (χ3n) is 3.66. The Bertz CT molecular complexity index is 340. The summed E-state index contributed by atoms with van der Waals surface area (Å²) >= 11 is 0. The summed E-state index contributed by atoms with van der Waals surface area (Å²) in [5.41, 5.74) is 3.31. The van der Waals surface area contributed by atoms with Gasteiger partial charge in [-0.1, -0.05) is 32.0 Å². The van der Waals surface area contributed by atoms with E-state index >= 15 is 0 Å². The van der Waals surface area contributed by atoms with Crippen molar-refractivity contribution in [2.24, 2.45) is 0 Å². The highest BCUT2D eigenvalue weighted by molar-refractivity contribution is 5.57. The zero-order valence-corrected chi connectivity index (χ0v) is 10.3. The summed E-state index contributed by atoms with van der Waals surface area (Å²) in [6.45, 7) is 7.46. The maximum Gasteiger partial charge on any atom is 0.0378 e. The summed E-state index contributed by atoms with van der Waals surface area (Å²) in [5.74, 6) is 0. The molecule has 3 rings (SSSR count). The minimum Gasteiger partial charge on any atom is -0.385 e. The third kappa shape index (κ3) is 1.82. The Labute approximate surface area is 98.4 Å². The molecule has 0 saturated carbocycles. The van der Waals surface area contributed by atoms with E-state index in [4.69, 9.17) is 0 Å². The summed E-state index contributed by atoms with van der Waals surface area (Å²) in [4.78, 5) is 0. The molecule has 2 aliphatic rings. The fraction of sp³-hybridized carbons (Fsp3) is 0.571. The second-order valence-electron chi connectivity index (χ2n) is 4.43. The van der Waals surface area contributed by atoms with E-state index in [2.05, 4.69) is 34.9 Å². The Kier molecular flexibility index (Phi) is 3.49. The van der Waals surface area contributed by atoms with E-state index in [1.165, 1.54) is 30.6 Å². The molecule has 1 fully saturated rings. The maximum absolute atomic E-state index is 3.50. The first-order chi connectivity index (χ1) is 7.91. The van der Waals surface area contributed by atoms with E-state index in [0.717, 1.165) is 13.1 Å². The Morgan fingerprint density at radius 1 is 1.06 bits per heavy atom. The van der Waals surface area contributed by atoms with Crippen molar-refractivity contribution in [3.8, 4) is 0 Å². The third-order valence-corrected chi connectivity index (χ3v) is 3.66. The van der Waals surface area contributed by atoms with Gasteiger partial charge in [-0.3, -0.25) is 0 Å². The van der Waals surface area contributed by atoms with Gasteiger partial charge in [0.15, 0.2) is 0 Å². The number of fused-ring (bicyclic) bond motifs is 2. The zero-order valence-electron chi connectivity index (χ0n) is 10.3. The van der Waals surface area contributed by atoms with Crippen LogP contribution in [0.1, 0.15) is 32.3 Å². The molecule has 1 saturated heterocycles. The van der Waals surface area contributed by atoms with Crippen LogP contribution in [0.2, 0.25) is 0 Å². The SMILES string of the molecule is CC.c1ccc2c(c1)NCCC21CCNC1. The molecule has 0 aromatic heterocycles. The van der Waals surface area contributed by atoms with Crippen LogP contribution in [0, 0.1) is 0 Å². The average Bonchev–Trinajstić information content (AvgIpc) is 2.82. The van der Waals surface area contributed by atoms with E-state index < -0.39 is 0 Å². The first-order valence-corrected chi connectivity index (χ1v) is 6.45. The van der Waals surface area contributed by atoms with Crippen LogP contribution in [-0.4, -0.2) is 19.6 Å². The minimum absolute atomic E-state index is 0.432. The van der Waals surface area contributed by atoms with Gasteiger partial charge in [-0.2, -0.15) is 0 Å². The normalized spacial score (nSPS) is 26.6. The van der Waals surface area contributed by atoms with Crippen LogP contribution in [0.5, 0.6) is 0 Å². The molecule has 16 heavy (non-hydrogen) atoms. The molecule has 0 bridgehead atoms. The topological polar surface area (TPSA) is 24.1 Å². The summed E-state index contributed by atoms with van der Waals surface area (Å²) in [5, 5.41) is 6.98.